The lowest BCUT2D eigenvalue weighted by molar-refractivity contribution is -0.870. The van der Waals surface area contributed by atoms with Crippen LogP contribution in [0.2, 0.25) is 0 Å². The number of nitrogens with zero attached hydrogens (tertiary/aromatic N) is 1. The minimum atomic E-state index is -4.37. The van der Waals surface area contributed by atoms with Crippen LogP contribution < -0.4 is 5.32 Å². The maximum absolute atomic E-state index is 12.9. The number of allylic oxidation sites excluding steroid dienone is 21. The maximum atomic E-state index is 12.9. The lowest BCUT2D eigenvalue weighted by Gasteiger charge is -2.25. The van der Waals surface area contributed by atoms with Crippen LogP contribution in [0.1, 0.15) is 149 Å². The SMILES string of the molecule is CC/C=C\C/C=C\C/C=C\C/C=C\C/C=C\C/C=C\C/C=C\C/C=C\C/C=C\CCCC(=O)NC(COP(=O)(O)OCC[N+](C)(C)C)C(O)/C=C/CC/C=C/CCCCCCCC. The van der Waals surface area contributed by atoms with Crippen molar-refractivity contribution < 1.29 is 32.9 Å². The molecule has 1 amide bonds. The molecule has 3 N–H and O–H groups in total. The third-order valence-corrected chi connectivity index (χ3v) is 10.6. The average Bonchev–Trinajstić information content (AvgIpc) is 3.24. The Balaban J connectivity index is 4.46. The van der Waals surface area contributed by atoms with E-state index in [2.05, 4.69) is 141 Å². The largest absolute Gasteiger partial charge is 0.472 e. The molecule has 0 aliphatic rings. The summed E-state index contributed by atoms with van der Waals surface area (Å²) in [5, 5.41) is 13.7. The zero-order chi connectivity index (χ0) is 46.4. The molecule has 0 bridgehead atoms. The molecule has 8 nitrogen and oxygen atoms in total. The van der Waals surface area contributed by atoms with Gasteiger partial charge in [-0.05, 0) is 96.3 Å². The van der Waals surface area contributed by atoms with Crippen LogP contribution >= 0.6 is 7.82 Å². The van der Waals surface area contributed by atoms with Crippen LogP contribution in [0.5, 0.6) is 0 Å². The molecule has 0 aliphatic heterocycles. The first-order chi connectivity index (χ1) is 30.5. The van der Waals surface area contributed by atoms with Crippen LogP contribution in [-0.2, 0) is 18.4 Å². The van der Waals surface area contributed by atoms with Crippen molar-refractivity contribution in [2.75, 3.05) is 40.9 Å². The summed E-state index contributed by atoms with van der Waals surface area (Å²) in [7, 11) is 1.49. The second-order valence-electron chi connectivity index (χ2n) is 16.7. The molecule has 63 heavy (non-hydrogen) atoms. The van der Waals surface area contributed by atoms with Crippen LogP contribution in [0.3, 0.4) is 0 Å². The molecule has 0 fully saturated rings. The van der Waals surface area contributed by atoms with Crippen LogP contribution in [0.25, 0.3) is 0 Å². The summed E-state index contributed by atoms with van der Waals surface area (Å²) in [6.45, 7) is 4.58. The van der Waals surface area contributed by atoms with E-state index in [1.807, 2.05) is 27.2 Å². The quantitative estimate of drug-likeness (QED) is 0.0244. The van der Waals surface area contributed by atoms with Crippen LogP contribution in [0.15, 0.2) is 134 Å². The molecule has 3 atom stereocenters. The Hall–Kier alpha value is -3.36. The molecule has 0 heterocycles. The molecule has 0 aromatic carbocycles. The number of phosphoric acid groups is 1. The van der Waals surface area contributed by atoms with Crippen LogP contribution in [0.4, 0.5) is 0 Å². The normalized spacial score (nSPS) is 15.3. The standard InChI is InChI=1S/C54H89N2O6P/c1-6-8-10-12-14-16-18-20-21-22-23-24-25-26-27-28-29-30-31-32-33-34-35-36-38-40-42-44-46-48-54(58)55-52(51-62-63(59,60)61-50-49-56(3,4)5)53(57)47-45-43-41-39-37-19-17-15-13-11-9-7-2/h8,10,14,16,20-21,23-24,26-27,29-30,32-33,35-37,39-40,42,45,47,52-53,57H,6-7,9,11-13,15,17-19,22,25,28,31,34,38,41,43-44,46,48-51H2,1-5H3,(H-,55,58,59,60)/p+1/b10-8-,16-14-,21-20-,24-23-,27-26-,30-29-,33-32-,36-35-,39-37+,42-40-,47-45+. The summed E-state index contributed by atoms with van der Waals surface area (Å²) in [6, 6.07) is -0.903. The predicted octanol–water partition coefficient (Wildman–Crippen LogP) is 14.0. The van der Waals surface area contributed by atoms with Crippen molar-refractivity contribution in [1.29, 1.82) is 0 Å². The summed E-state index contributed by atoms with van der Waals surface area (Å²) in [5.74, 6) is -0.253. The smallest absolute Gasteiger partial charge is 0.387 e. The first kappa shape index (κ1) is 59.6. The number of quaternary nitrogens is 1. The number of phosphoric ester groups is 1. The van der Waals surface area contributed by atoms with Gasteiger partial charge in [-0.25, -0.2) is 4.57 Å². The third-order valence-electron chi connectivity index (χ3n) is 9.60. The fourth-order valence-corrected chi connectivity index (χ4v) is 6.56. The summed E-state index contributed by atoms with van der Waals surface area (Å²) in [4.78, 5) is 23.1. The molecule has 0 rings (SSSR count). The van der Waals surface area contributed by atoms with E-state index < -0.39 is 20.0 Å². The summed E-state index contributed by atoms with van der Waals surface area (Å²) >= 11 is 0. The Bertz CT molecular complexity index is 1480. The number of aliphatic hydroxyl groups excluding tert-OH is 1. The highest BCUT2D eigenvalue weighted by molar-refractivity contribution is 7.47. The van der Waals surface area contributed by atoms with Gasteiger partial charge >= 0.3 is 7.82 Å². The molecule has 0 aliphatic carbocycles. The molecule has 0 spiro atoms. The van der Waals surface area contributed by atoms with Crippen molar-refractivity contribution in [3.63, 3.8) is 0 Å². The topological polar surface area (TPSA) is 105 Å². The van der Waals surface area contributed by atoms with Gasteiger partial charge in [0, 0.05) is 6.42 Å². The third kappa shape index (κ3) is 46.4. The highest BCUT2D eigenvalue weighted by atomic mass is 31.2. The fraction of sp³-hybridized carbons (Fsp3) is 0.574. The van der Waals surface area contributed by atoms with E-state index in [4.69, 9.17) is 9.05 Å². The Labute approximate surface area is 386 Å². The monoisotopic (exact) mass is 894 g/mol. The first-order valence-corrected chi connectivity index (χ1v) is 25.6. The molecule has 9 heteroatoms. The minimum absolute atomic E-state index is 0.0369. The first-order valence-electron chi connectivity index (χ1n) is 24.1. The van der Waals surface area contributed by atoms with E-state index in [-0.39, 0.29) is 25.5 Å². The van der Waals surface area contributed by atoms with Crippen LogP contribution in [-0.4, -0.2) is 73.4 Å². The number of rotatable bonds is 41. The van der Waals surface area contributed by atoms with Gasteiger partial charge in [-0.3, -0.25) is 13.8 Å². The lowest BCUT2D eigenvalue weighted by Crippen LogP contribution is -2.45. The number of nitrogens with one attached hydrogen (secondary N) is 1. The van der Waals surface area contributed by atoms with Crippen molar-refractivity contribution in [3.05, 3.63) is 134 Å². The van der Waals surface area contributed by atoms with Crippen molar-refractivity contribution >= 4 is 13.7 Å². The van der Waals surface area contributed by atoms with Gasteiger partial charge in [0.15, 0.2) is 0 Å². The summed E-state index contributed by atoms with van der Waals surface area (Å²) < 4.78 is 23.5. The predicted molar refractivity (Wildman–Crippen MR) is 271 cm³/mol. The zero-order valence-electron chi connectivity index (χ0n) is 40.2. The number of carbonyl (C=O) groups is 1. The molecule has 356 valence electrons. The number of hydrogen-bond acceptors (Lipinski definition) is 5. The van der Waals surface area contributed by atoms with E-state index in [0.29, 0.717) is 17.4 Å². The molecule has 3 unspecified atom stereocenters. The molecule has 0 aromatic heterocycles. The van der Waals surface area contributed by atoms with Crippen LogP contribution in [0, 0.1) is 0 Å². The van der Waals surface area contributed by atoms with Gasteiger partial charge in [0.2, 0.25) is 5.91 Å². The van der Waals surface area contributed by atoms with Crippen molar-refractivity contribution in [1.82, 2.24) is 5.32 Å². The highest BCUT2D eigenvalue weighted by Gasteiger charge is 2.27. The van der Waals surface area contributed by atoms with E-state index in [1.54, 1.807) is 6.08 Å². The molecule has 0 saturated heterocycles. The van der Waals surface area contributed by atoms with Crippen molar-refractivity contribution in [2.45, 2.75) is 161 Å². The Morgan fingerprint density at radius 2 is 0.968 bits per heavy atom. The van der Waals surface area contributed by atoms with Crippen molar-refractivity contribution in [2.24, 2.45) is 0 Å². The number of amides is 1. The fourth-order valence-electron chi connectivity index (χ4n) is 5.82. The Morgan fingerprint density at radius 3 is 1.46 bits per heavy atom. The van der Waals surface area contributed by atoms with Gasteiger partial charge in [-0.15, -0.1) is 0 Å². The van der Waals surface area contributed by atoms with Gasteiger partial charge in [-0.2, -0.15) is 0 Å². The van der Waals surface area contributed by atoms with E-state index in [0.717, 1.165) is 83.5 Å². The van der Waals surface area contributed by atoms with E-state index in [1.165, 1.54) is 38.5 Å². The molecular weight excluding hydrogens is 804 g/mol. The summed E-state index contributed by atoms with van der Waals surface area (Å²) in [5.41, 5.74) is 0. The van der Waals surface area contributed by atoms with E-state index >= 15 is 0 Å². The Morgan fingerprint density at radius 1 is 0.556 bits per heavy atom. The zero-order valence-corrected chi connectivity index (χ0v) is 41.1. The number of likely N-dealkylation sites (N-methyl/N-ethyl adjacent to an activating group) is 1. The van der Waals surface area contributed by atoms with Gasteiger partial charge in [0.25, 0.3) is 0 Å². The maximum Gasteiger partial charge on any atom is 0.472 e. The molecule has 0 radical (unpaired) electrons. The molecular formula is C54H90N2O6P+. The van der Waals surface area contributed by atoms with Gasteiger partial charge < -0.3 is 19.8 Å². The van der Waals surface area contributed by atoms with Gasteiger partial charge in [-0.1, -0.05) is 180 Å². The number of carbonyl (C=O) groups excluding carboxylic acids is 1. The molecule has 0 saturated carbocycles. The van der Waals surface area contributed by atoms with E-state index in [9.17, 15) is 19.4 Å². The highest BCUT2D eigenvalue weighted by Crippen LogP contribution is 2.43. The lowest BCUT2D eigenvalue weighted by atomic mass is 10.1. The number of hydrogen-bond donors (Lipinski definition) is 3. The minimum Gasteiger partial charge on any atom is -0.387 e. The second-order valence-corrected chi connectivity index (χ2v) is 18.2. The second kappa shape index (κ2) is 43.9. The Kier molecular flexibility index (Phi) is 41.5. The molecule has 0 aromatic rings. The van der Waals surface area contributed by atoms with Crippen molar-refractivity contribution in [3.8, 4) is 0 Å². The average molecular weight is 894 g/mol. The van der Waals surface area contributed by atoms with Gasteiger partial charge in [0.05, 0.1) is 39.9 Å². The number of aliphatic hydroxyl groups is 1. The van der Waals surface area contributed by atoms with Gasteiger partial charge in [0.1, 0.15) is 13.2 Å². The number of unbranched alkanes of at least 4 members (excludes halogenated alkanes) is 8. The summed E-state index contributed by atoms with van der Waals surface area (Å²) in [6.07, 6.45) is 66.9.